The minimum absolute atomic E-state index is 0.00287. The van der Waals surface area contributed by atoms with Crippen LogP contribution in [0.25, 0.3) is 33.6 Å². The normalized spacial score (nSPS) is 14.7. The largest absolute Gasteiger partial charge is 0.480 e. The molecule has 2 amide bonds. The molecule has 1 aliphatic heterocycles. The fourth-order valence-electron chi connectivity index (χ4n) is 5.43. The Labute approximate surface area is 295 Å². The maximum absolute atomic E-state index is 11.6. The lowest BCUT2D eigenvalue weighted by Gasteiger charge is -2.16. The van der Waals surface area contributed by atoms with Crippen LogP contribution in [0.15, 0.2) is 48.8 Å². The Morgan fingerprint density at radius 2 is 1.47 bits per heavy atom. The lowest BCUT2D eigenvalue weighted by molar-refractivity contribution is -0.121. The van der Waals surface area contributed by atoms with E-state index in [4.69, 9.17) is 42.6 Å². The van der Waals surface area contributed by atoms with Crippen LogP contribution in [0.2, 0.25) is 10.0 Å². The molecule has 0 bridgehead atoms. The number of rotatable bonds is 15. The molecule has 12 nitrogen and oxygen atoms in total. The average Bonchev–Trinajstić information content (AvgIpc) is 3.54. The molecule has 1 aliphatic rings. The number of hydrogen-bond acceptors (Lipinski definition) is 10. The number of hydrogen-bond donors (Lipinski definition) is 4. The number of nitrogens with zero attached hydrogens (tertiary/aromatic N) is 4. The van der Waals surface area contributed by atoms with Crippen LogP contribution in [0.1, 0.15) is 44.5 Å². The highest BCUT2D eigenvalue weighted by Gasteiger charge is 2.22. The number of methoxy groups -OCH3 is 2. The van der Waals surface area contributed by atoms with Crippen molar-refractivity contribution in [2.45, 2.75) is 58.3 Å². The van der Waals surface area contributed by atoms with Crippen LogP contribution in [-0.4, -0.2) is 71.1 Å². The molecule has 3 heterocycles. The van der Waals surface area contributed by atoms with Crippen LogP contribution in [0.4, 0.5) is 0 Å². The molecular formula is C35H40Cl2N8O4. The van der Waals surface area contributed by atoms with Gasteiger partial charge in [0.15, 0.2) is 0 Å². The molecule has 0 saturated carbocycles. The highest BCUT2D eigenvalue weighted by molar-refractivity contribution is 6.39. The minimum Gasteiger partial charge on any atom is -0.480 e. The number of aromatic nitrogens is 4. The number of benzene rings is 2. The van der Waals surface area contributed by atoms with Gasteiger partial charge in [0.2, 0.25) is 23.6 Å². The van der Waals surface area contributed by atoms with Crippen molar-refractivity contribution in [2.24, 2.45) is 0 Å². The van der Waals surface area contributed by atoms with E-state index in [9.17, 15) is 9.59 Å². The molecule has 0 radical (unpaired) electrons. The van der Waals surface area contributed by atoms with Crippen LogP contribution < -0.4 is 30.7 Å². The van der Waals surface area contributed by atoms with Crippen molar-refractivity contribution in [1.29, 1.82) is 0 Å². The summed E-state index contributed by atoms with van der Waals surface area (Å²) in [4.78, 5) is 41.7. The summed E-state index contributed by atoms with van der Waals surface area (Å²) in [6.45, 7) is 5.76. The molecule has 258 valence electrons. The summed E-state index contributed by atoms with van der Waals surface area (Å²) in [6.07, 6.45) is 5.13. The van der Waals surface area contributed by atoms with Crippen LogP contribution in [0.5, 0.6) is 11.8 Å². The summed E-state index contributed by atoms with van der Waals surface area (Å²) in [5.41, 5.74) is 5.11. The lowest BCUT2D eigenvalue weighted by atomic mass is 9.98. The van der Waals surface area contributed by atoms with Crippen molar-refractivity contribution < 1.29 is 19.1 Å². The Morgan fingerprint density at radius 3 is 1.98 bits per heavy atom. The number of carbonyl (C=O) groups excluding carboxylic acids is 2. The second kappa shape index (κ2) is 16.8. The quantitative estimate of drug-likeness (QED) is 0.133. The average molecular weight is 708 g/mol. The van der Waals surface area contributed by atoms with Gasteiger partial charge in [-0.15, -0.1) is 0 Å². The van der Waals surface area contributed by atoms with Gasteiger partial charge in [0, 0.05) is 73.4 Å². The molecule has 0 aliphatic carbocycles. The maximum Gasteiger partial charge on any atom is 0.237 e. The van der Waals surface area contributed by atoms with Gasteiger partial charge in [0.25, 0.3) is 0 Å². The molecule has 14 heteroatoms. The Hall–Kier alpha value is -4.36. The zero-order valence-electron chi connectivity index (χ0n) is 27.9. The van der Waals surface area contributed by atoms with Crippen molar-refractivity contribution in [3.05, 3.63) is 70.2 Å². The molecule has 49 heavy (non-hydrogen) atoms. The first kappa shape index (κ1) is 35.9. The summed E-state index contributed by atoms with van der Waals surface area (Å²) >= 11 is 14.1. The molecule has 1 saturated heterocycles. The zero-order chi connectivity index (χ0) is 34.9. The molecule has 4 aromatic rings. The van der Waals surface area contributed by atoms with Gasteiger partial charge in [-0.05, 0) is 13.3 Å². The third-order valence-corrected chi connectivity index (χ3v) is 8.98. The second-order valence-corrected chi connectivity index (χ2v) is 12.4. The van der Waals surface area contributed by atoms with Gasteiger partial charge < -0.3 is 30.7 Å². The third-order valence-electron chi connectivity index (χ3n) is 8.16. The summed E-state index contributed by atoms with van der Waals surface area (Å²) in [5, 5.41) is 13.4. The van der Waals surface area contributed by atoms with Gasteiger partial charge in [-0.1, -0.05) is 66.5 Å². The SMILES string of the molecule is CCC(=O)NCC(C)NCc1ncc(-c2cccc(-c3cccc(-c4cnc(CNC[C@@H]5CCC(=O)N5)c(OC)n4)c3Cl)c2Cl)nc1OC. The summed E-state index contributed by atoms with van der Waals surface area (Å²) in [6, 6.07) is 11.4. The Kier molecular flexibility index (Phi) is 12.4. The minimum atomic E-state index is 0.00287. The van der Waals surface area contributed by atoms with E-state index in [2.05, 4.69) is 31.2 Å². The van der Waals surface area contributed by atoms with Gasteiger partial charge in [-0.25, -0.2) is 9.97 Å². The van der Waals surface area contributed by atoms with E-state index in [1.165, 1.54) is 0 Å². The Bertz CT molecular complexity index is 1810. The van der Waals surface area contributed by atoms with E-state index in [1.54, 1.807) is 26.6 Å². The highest BCUT2D eigenvalue weighted by Crippen LogP contribution is 2.42. The van der Waals surface area contributed by atoms with E-state index < -0.39 is 0 Å². The van der Waals surface area contributed by atoms with E-state index in [0.29, 0.717) is 106 Å². The molecule has 2 aromatic heterocycles. The molecule has 1 fully saturated rings. The molecule has 4 N–H and O–H groups in total. The van der Waals surface area contributed by atoms with Crippen LogP contribution in [0, 0.1) is 0 Å². The van der Waals surface area contributed by atoms with E-state index in [0.717, 1.165) is 6.42 Å². The summed E-state index contributed by atoms with van der Waals surface area (Å²) in [7, 11) is 3.10. The summed E-state index contributed by atoms with van der Waals surface area (Å²) < 4.78 is 11.2. The maximum atomic E-state index is 11.6. The number of carbonyl (C=O) groups is 2. The molecule has 2 atom stereocenters. The van der Waals surface area contributed by atoms with Crippen molar-refractivity contribution in [1.82, 2.24) is 41.2 Å². The second-order valence-electron chi connectivity index (χ2n) is 11.6. The van der Waals surface area contributed by atoms with Gasteiger partial charge in [-0.3, -0.25) is 19.6 Å². The van der Waals surface area contributed by atoms with E-state index in [-0.39, 0.29) is 23.9 Å². The highest BCUT2D eigenvalue weighted by atomic mass is 35.5. The van der Waals surface area contributed by atoms with Gasteiger partial charge in [0.05, 0.1) is 48.0 Å². The molecule has 1 unspecified atom stereocenters. The van der Waals surface area contributed by atoms with Crippen molar-refractivity contribution in [3.8, 4) is 45.4 Å². The lowest BCUT2D eigenvalue weighted by Crippen LogP contribution is -2.38. The van der Waals surface area contributed by atoms with Gasteiger partial charge in [-0.2, -0.15) is 0 Å². The van der Waals surface area contributed by atoms with Crippen LogP contribution >= 0.6 is 23.2 Å². The van der Waals surface area contributed by atoms with Gasteiger partial charge in [0.1, 0.15) is 11.4 Å². The van der Waals surface area contributed by atoms with E-state index >= 15 is 0 Å². The van der Waals surface area contributed by atoms with Crippen molar-refractivity contribution in [3.63, 3.8) is 0 Å². The fraction of sp³-hybridized carbons (Fsp3) is 0.371. The summed E-state index contributed by atoms with van der Waals surface area (Å²) in [5.74, 6) is 0.830. The predicted molar refractivity (Wildman–Crippen MR) is 190 cm³/mol. The first-order valence-corrected chi connectivity index (χ1v) is 16.9. The number of halogens is 2. The molecule has 5 rings (SSSR count). The Balaban J connectivity index is 1.34. The number of nitrogens with one attached hydrogen (secondary N) is 4. The van der Waals surface area contributed by atoms with Crippen molar-refractivity contribution in [2.75, 3.05) is 27.3 Å². The fourth-order valence-corrected chi connectivity index (χ4v) is 6.08. The number of ether oxygens (including phenoxy) is 2. The van der Waals surface area contributed by atoms with Crippen molar-refractivity contribution >= 4 is 35.0 Å². The molecule has 2 aromatic carbocycles. The number of amides is 2. The zero-order valence-corrected chi connectivity index (χ0v) is 29.4. The topological polar surface area (TPSA) is 152 Å². The predicted octanol–water partition coefficient (Wildman–Crippen LogP) is 4.96. The smallest absolute Gasteiger partial charge is 0.237 e. The standard InChI is InChI=1S/C35H40Cl2N8O4/c1-5-30(46)42-14-20(2)39-19-29-35(49-4)45-27(18-41-29)25-11-7-9-23(33(25)37)22-8-6-10-24(32(22)36)26-17-40-28(34(44-26)48-3)16-38-15-21-12-13-31(47)43-21/h6-11,17-18,20-21,38-39H,5,12-16,19H2,1-4H3,(H,42,46)(H,43,47)/t20?,21-/m0/s1. The van der Waals surface area contributed by atoms with Crippen LogP contribution in [0.3, 0.4) is 0 Å². The third kappa shape index (κ3) is 8.82. The van der Waals surface area contributed by atoms with Crippen LogP contribution in [-0.2, 0) is 22.7 Å². The molecule has 0 spiro atoms. The Morgan fingerprint density at radius 1 is 0.918 bits per heavy atom. The monoisotopic (exact) mass is 706 g/mol. The first-order chi connectivity index (χ1) is 23.7. The van der Waals surface area contributed by atoms with Gasteiger partial charge >= 0.3 is 0 Å². The van der Waals surface area contributed by atoms with E-state index in [1.807, 2.05) is 50.2 Å². The molecular weight excluding hydrogens is 667 g/mol. The first-order valence-electron chi connectivity index (χ1n) is 16.1.